The van der Waals surface area contributed by atoms with Crippen LogP contribution < -0.4 is 9.64 Å². The van der Waals surface area contributed by atoms with E-state index in [4.69, 9.17) is 4.74 Å². The predicted molar refractivity (Wildman–Crippen MR) is 94.9 cm³/mol. The second kappa shape index (κ2) is 4.75. The van der Waals surface area contributed by atoms with Gasteiger partial charge in [-0.1, -0.05) is 24.6 Å². The number of para-hydroxylation sites is 1. The van der Waals surface area contributed by atoms with Gasteiger partial charge in [0.25, 0.3) is 5.69 Å². The van der Waals surface area contributed by atoms with Gasteiger partial charge in [0, 0.05) is 29.8 Å². The first kappa shape index (κ1) is 14.8. The standard InChI is InChI=1S/C20H20N2O3/c1-19-10-4-5-11-20(19)21(17-7-3-2-6-16(17)19)13-14-12-15(22(23)24)8-9-18(14)25-20/h2-3,6-9,12H,4-5,10-11,13H2,1H3/t19-,20-/m1/s1. The molecule has 5 heteroatoms. The number of nitrogens with zero attached hydrogens (tertiary/aromatic N) is 2. The van der Waals surface area contributed by atoms with E-state index in [1.807, 2.05) is 0 Å². The highest BCUT2D eigenvalue weighted by molar-refractivity contribution is 5.68. The van der Waals surface area contributed by atoms with Crippen LogP contribution in [0.4, 0.5) is 11.4 Å². The van der Waals surface area contributed by atoms with Crippen molar-refractivity contribution < 1.29 is 9.66 Å². The third kappa shape index (κ3) is 1.73. The molecule has 2 atom stereocenters. The second-order valence-electron chi connectivity index (χ2n) is 7.58. The van der Waals surface area contributed by atoms with Gasteiger partial charge in [0.2, 0.25) is 0 Å². The SMILES string of the molecule is C[C@]12CCCC[C@@]13Oc1ccc([N+](=O)[O-])cc1CN3c1ccccc12. The molecule has 2 aromatic rings. The number of non-ortho nitro benzene ring substituents is 1. The second-order valence-corrected chi connectivity index (χ2v) is 7.58. The molecule has 2 aliphatic heterocycles. The van der Waals surface area contributed by atoms with E-state index in [0.717, 1.165) is 30.6 Å². The van der Waals surface area contributed by atoms with Crippen molar-refractivity contribution in [3.63, 3.8) is 0 Å². The van der Waals surface area contributed by atoms with Crippen molar-refractivity contribution in [2.24, 2.45) is 0 Å². The summed E-state index contributed by atoms with van der Waals surface area (Å²) in [6.07, 6.45) is 4.43. The van der Waals surface area contributed by atoms with Crippen molar-refractivity contribution in [3.8, 4) is 5.75 Å². The summed E-state index contributed by atoms with van der Waals surface area (Å²) in [6.45, 7) is 2.98. The third-order valence-electron chi connectivity index (χ3n) is 6.39. The highest BCUT2D eigenvalue weighted by Crippen LogP contribution is 2.61. The molecule has 1 fully saturated rings. The quantitative estimate of drug-likeness (QED) is 0.567. The number of hydrogen-bond acceptors (Lipinski definition) is 4. The summed E-state index contributed by atoms with van der Waals surface area (Å²) in [6, 6.07) is 13.5. The van der Waals surface area contributed by atoms with Crippen molar-refractivity contribution in [1.82, 2.24) is 0 Å². The van der Waals surface area contributed by atoms with Gasteiger partial charge < -0.3 is 9.64 Å². The number of nitro groups is 1. The summed E-state index contributed by atoms with van der Waals surface area (Å²) in [5.74, 6) is 0.794. The molecule has 1 aliphatic carbocycles. The maximum Gasteiger partial charge on any atom is 0.270 e. The van der Waals surface area contributed by atoms with Crippen LogP contribution in [0.25, 0.3) is 0 Å². The van der Waals surface area contributed by atoms with E-state index in [1.165, 1.54) is 17.7 Å². The Bertz CT molecular complexity index is 896. The Labute approximate surface area is 146 Å². The Balaban J connectivity index is 1.71. The van der Waals surface area contributed by atoms with Gasteiger partial charge in [-0.05, 0) is 37.5 Å². The average Bonchev–Trinajstić information content (AvgIpc) is 2.85. The zero-order valence-corrected chi connectivity index (χ0v) is 14.2. The van der Waals surface area contributed by atoms with Crippen LogP contribution >= 0.6 is 0 Å². The van der Waals surface area contributed by atoms with Gasteiger partial charge in [0.15, 0.2) is 5.72 Å². The molecule has 2 aromatic carbocycles. The van der Waals surface area contributed by atoms with Crippen LogP contribution in [0.2, 0.25) is 0 Å². The van der Waals surface area contributed by atoms with Crippen LogP contribution in [-0.4, -0.2) is 10.6 Å². The molecule has 3 aliphatic rings. The summed E-state index contributed by atoms with van der Waals surface area (Å²) in [4.78, 5) is 13.2. The van der Waals surface area contributed by atoms with Crippen molar-refractivity contribution in [2.45, 2.75) is 50.3 Å². The molecule has 0 unspecified atom stereocenters. The van der Waals surface area contributed by atoms with Crippen LogP contribution in [0.5, 0.6) is 5.75 Å². The maximum atomic E-state index is 11.1. The Morgan fingerprint density at radius 3 is 2.80 bits per heavy atom. The lowest BCUT2D eigenvalue weighted by atomic mass is 9.66. The molecule has 5 rings (SSSR count). The molecule has 0 aromatic heterocycles. The van der Waals surface area contributed by atoms with Crippen molar-refractivity contribution in [3.05, 3.63) is 63.7 Å². The largest absolute Gasteiger partial charge is 0.467 e. The zero-order valence-electron chi connectivity index (χ0n) is 14.2. The van der Waals surface area contributed by atoms with Gasteiger partial charge in [-0.25, -0.2) is 0 Å². The third-order valence-corrected chi connectivity index (χ3v) is 6.39. The fourth-order valence-electron chi connectivity index (χ4n) is 5.15. The smallest absolute Gasteiger partial charge is 0.270 e. The van der Waals surface area contributed by atoms with Crippen LogP contribution in [0, 0.1) is 10.1 Å². The fourth-order valence-corrected chi connectivity index (χ4v) is 5.15. The lowest BCUT2D eigenvalue weighted by molar-refractivity contribution is -0.385. The molecule has 0 saturated heterocycles. The van der Waals surface area contributed by atoms with Gasteiger partial charge in [0.05, 0.1) is 16.9 Å². The predicted octanol–water partition coefficient (Wildman–Crippen LogP) is 4.54. The van der Waals surface area contributed by atoms with Crippen LogP contribution in [-0.2, 0) is 12.0 Å². The Morgan fingerprint density at radius 1 is 1.16 bits per heavy atom. The van der Waals surface area contributed by atoms with Crippen LogP contribution in [0.1, 0.15) is 43.7 Å². The van der Waals surface area contributed by atoms with Gasteiger partial charge >= 0.3 is 0 Å². The lowest BCUT2D eigenvalue weighted by Crippen LogP contribution is -2.63. The van der Waals surface area contributed by atoms with Gasteiger partial charge in [-0.2, -0.15) is 0 Å². The topological polar surface area (TPSA) is 55.6 Å². The monoisotopic (exact) mass is 336 g/mol. The van der Waals surface area contributed by atoms with Crippen molar-refractivity contribution in [2.75, 3.05) is 4.90 Å². The first-order valence-corrected chi connectivity index (χ1v) is 8.89. The summed E-state index contributed by atoms with van der Waals surface area (Å²) < 4.78 is 6.67. The van der Waals surface area contributed by atoms with Gasteiger partial charge in [0.1, 0.15) is 5.75 Å². The molecule has 25 heavy (non-hydrogen) atoms. The van der Waals surface area contributed by atoms with Crippen LogP contribution in [0.15, 0.2) is 42.5 Å². The number of rotatable bonds is 1. The van der Waals surface area contributed by atoms with Crippen LogP contribution in [0.3, 0.4) is 0 Å². The molecule has 1 spiro atoms. The minimum atomic E-state index is -0.377. The molecule has 0 amide bonds. The van der Waals surface area contributed by atoms with E-state index < -0.39 is 0 Å². The summed E-state index contributed by atoms with van der Waals surface area (Å²) >= 11 is 0. The number of hydrogen-bond donors (Lipinski definition) is 0. The van der Waals surface area contributed by atoms with Crippen molar-refractivity contribution in [1.29, 1.82) is 0 Å². The van der Waals surface area contributed by atoms with Gasteiger partial charge in [-0.3, -0.25) is 10.1 Å². The molecule has 2 heterocycles. The van der Waals surface area contributed by atoms with E-state index in [0.29, 0.717) is 6.54 Å². The minimum Gasteiger partial charge on any atom is -0.467 e. The van der Waals surface area contributed by atoms with E-state index in [-0.39, 0.29) is 21.8 Å². The van der Waals surface area contributed by atoms with Gasteiger partial charge in [-0.15, -0.1) is 0 Å². The lowest BCUT2D eigenvalue weighted by Gasteiger charge is -2.53. The zero-order chi connectivity index (χ0) is 17.2. The molecular weight excluding hydrogens is 316 g/mol. The van der Waals surface area contributed by atoms with E-state index in [1.54, 1.807) is 18.2 Å². The highest BCUT2D eigenvalue weighted by atomic mass is 16.6. The number of anilines is 1. The maximum absolute atomic E-state index is 11.1. The number of fused-ring (bicyclic) bond motifs is 4. The number of nitro benzene ring substituents is 1. The number of ether oxygens (including phenoxy) is 1. The Kier molecular flexibility index (Phi) is 2.80. The normalized spacial score (nSPS) is 29.1. The molecule has 0 N–H and O–H groups in total. The highest BCUT2D eigenvalue weighted by Gasteiger charge is 2.63. The van der Waals surface area contributed by atoms with E-state index >= 15 is 0 Å². The minimum absolute atomic E-state index is 0.0543. The molecule has 1 saturated carbocycles. The summed E-state index contributed by atoms with van der Waals surface area (Å²) in [5, 5.41) is 11.1. The Morgan fingerprint density at radius 2 is 1.96 bits per heavy atom. The summed E-state index contributed by atoms with van der Waals surface area (Å²) in [7, 11) is 0. The first-order chi connectivity index (χ1) is 12.1. The average molecular weight is 336 g/mol. The molecular formula is C20H20N2O3. The van der Waals surface area contributed by atoms with E-state index in [9.17, 15) is 10.1 Å². The molecule has 0 radical (unpaired) electrons. The molecule has 0 bridgehead atoms. The summed E-state index contributed by atoms with van der Waals surface area (Å²) in [5.41, 5.74) is 3.14. The van der Waals surface area contributed by atoms with E-state index in [2.05, 4.69) is 36.1 Å². The molecule has 5 nitrogen and oxygen atoms in total. The Hall–Kier alpha value is -2.56. The molecule has 128 valence electrons. The first-order valence-electron chi connectivity index (χ1n) is 8.89. The van der Waals surface area contributed by atoms with Crippen molar-refractivity contribution >= 4 is 11.4 Å². The fraction of sp³-hybridized carbons (Fsp3) is 0.400. The number of benzene rings is 2.